The normalized spacial score (nSPS) is 19.7. The molecule has 1 aromatic heterocycles. The molecular weight excluding hydrogens is 252 g/mol. The lowest BCUT2D eigenvalue weighted by molar-refractivity contribution is -0.213. The molecule has 1 heterocycles. The highest BCUT2D eigenvalue weighted by molar-refractivity contribution is 5.72. The van der Waals surface area contributed by atoms with Crippen molar-refractivity contribution in [2.75, 3.05) is 0 Å². The summed E-state index contributed by atoms with van der Waals surface area (Å²) in [6.07, 6.45) is 2.25. The Hall–Kier alpha value is -1.49. The lowest BCUT2D eigenvalue weighted by Crippen LogP contribution is -2.47. The second-order valence-electron chi connectivity index (χ2n) is 5.15. The van der Waals surface area contributed by atoms with Crippen LogP contribution in [0.2, 0.25) is 0 Å². The molecule has 3 rings (SSSR count). The van der Waals surface area contributed by atoms with Crippen LogP contribution in [0.5, 0.6) is 0 Å². The summed E-state index contributed by atoms with van der Waals surface area (Å²) < 4.78 is 34.0. The Bertz CT molecular complexity index is 555. The second-order valence-corrected chi connectivity index (χ2v) is 5.15. The van der Waals surface area contributed by atoms with Crippen LogP contribution in [0, 0.1) is 0 Å². The molecule has 0 bridgehead atoms. The molecule has 0 saturated heterocycles. The van der Waals surface area contributed by atoms with E-state index in [1.54, 1.807) is 24.3 Å². The highest BCUT2D eigenvalue weighted by atomic mass is 19.3. The molecule has 2 aromatic rings. The van der Waals surface area contributed by atoms with E-state index in [0.717, 1.165) is 6.42 Å². The van der Waals surface area contributed by atoms with Crippen LogP contribution in [-0.4, -0.2) is 15.7 Å². The predicted octanol–water partition coefficient (Wildman–Crippen LogP) is 3.61. The van der Waals surface area contributed by atoms with Crippen LogP contribution in [0.3, 0.4) is 0 Å². The maximum Gasteiger partial charge on any atom is 0.350 e. The van der Waals surface area contributed by atoms with E-state index in [0.29, 0.717) is 23.9 Å². The Labute approximate surface area is 109 Å². The van der Waals surface area contributed by atoms with E-state index in [4.69, 9.17) is 4.42 Å². The Morgan fingerprint density at radius 1 is 1.16 bits per heavy atom. The molecule has 1 aromatic carbocycles. The number of oxazole rings is 1. The summed E-state index contributed by atoms with van der Waals surface area (Å²) in [6, 6.07) is 6.61. The van der Waals surface area contributed by atoms with Crippen molar-refractivity contribution in [3.63, 3.8) is 0 Å². The number of benzene rings is 1. The standard InChI is InChI=1S/C14H15F2NO2/c15-14(16,13(18)8-4-1-5-9-13)12-17-10-6-2-3-7-11(10)19-12/h2-3,6-7,18H,1,4-5,8-9H2. The minimum Gasteiger partial charge on any atom is -0.435 e. The van der Waals surface area contributed by atoms with Crippen molar-refractivity contribution in [3.05, 3.63) is 30.2 Å². The van der Waals surface area contributed by atoms with Crippen LogP contribution in [0.25, 0.3) is 11.1 Å². The third-order valence-corrected chi connectivity index (χ3v) is 3.83. The summed E-state index contributed by atoms with van der Waals surface area (Å²) in [5, 5.41) is 10.2. The number of aliphatic hydroxyl groups is 1. The van der Waals surface area contributed by atoms with E-state index in [2.05, 4.69) is 4.98 Å². The number of hydrogen-bond acceptors (Lipinski definition) is 3. The van der Waals surface area contributed by atoms with Gasteiger partial charge in [-0.15, -0.1) is 0 Å². The Kier molecular flexibility index (Phi) is 2.82. The lowest BCUT2D eigenvalue weighted by Gasteiger charge is -2.36. The fourth-order valence-corrected chi connectivity index (χ4v) is 2.66. The third-order valence-electron chi connectivity index (χ3n) is 3.83. The van der Waals surface area contributed by atoms with Gasteiger partial charge in [0.05, 0.1) is 0 Å². The van der Waals surface area contributed by atoms with Crippen molar-refractivity contribution in [3.8, 4) is 0 Å². The lowest BCUT2D eigenvalue weighted by atomic mass is 9.80. The molecule has 3 nitrogen and oxygen atoms in total. The largest absolute Gasteiger partial charge is 0.435 e. The van der Waals surface area contributed by atoms with E-state index < -0.39 is 17.4 Å². The minimum atomic E-state index is -3.45. The zero-order valence-electron chi connectivity index (χ0n) is 10.4. The number of alkyl halides is 2. The van der Waals surface area contributed by atoms with Crippen molar-refractivity contribution in [1.29, 1.82) is 0 Å². The maximum absolute atomic E-state index is 14.5. The van der Waals surface area contributed by atoms with Crippen LogP contribution in [-0.2, 0) is 5.92 Å². The monoisotopic (exact) mass is 267 g/mol. The maximum atomic E-state index is 14.5. The third kappa shape index (κ3) is 1.92. The molecule has 1 N–H and O–H groups in total. The van der Waals surface area contributed by atoms with Crippen molar-refractivity contribution in [1.82, 2.24) is 4.98 Å². The SMILES string of the molecule is OC1(C(F)(F)c2nc3ccccc3o2)CCCCC1. The van der Waals surface area contributed by atoms with Gasteiger partial charge < -0.3 is 9.52 Å². The van der Waals surface area contributed by atoms with Crippen molar-refractivity contribution < 1.29 is 18.3 Å². The average molecular weight is 267 g/mol. The first-order valence-electron chi connectivity index (χ1n) is 6.49. The quantitative estimate of drug-likeness (QED) is 0.904. The van der Waals surface area contributed by atoms with Crippen molar-refractivity contribution in [2.45, 2.75) is 43.6 Å². The molecule has 1 fully saturated rings. The van der Waals surface area contributed by atoms with E-state index in [1.807, 2.05) is 0 Å². The van der Waals surface area contributed by atoms with E-state index in [9.17, 15) is 13.9 Å². The summed E-state index contributed by atoms with van der Waals surface area (Å²) in [6.45, 7) is 0. The molecule has 0 amide bonds. The molecule has 0 aliphatic heterocycles. The number of aromatic nitrogens is 1. The van der Waals surface area contributed by atoms with Gasteiger partial charge in [0.25, 0.3) is 5.89 Å². The summed E-state index contributed by atoms with van der Waals surface area (Å²) in [5.74, 6) is -4.13. The van der Waals surface area contributed by atoms with Crippen LogP contribution in [0.4, 0.5) is 8.78 Å². The van der Waals surface area contributed by atoms with Crippen LogP contribution >= 0.6 is 0 Å². The molecule has 19 heavy (non-hydrogen) atoms. The van der Waals surface area contributed by atoms with Crippen LogP contribution in [0.1, 0.15) is 38.0 Å². The van der Waals surface area contributed by atoms with Gasteiger partial charge >= 0.3 is 5.92 Å². The number of hydrogen-bond donors (Lipinski definition) is 1. The smallest absolute Gasteiger partial charge is 0.350 e. The molecule has 0 unspecified atom stereocenters. The zero-order chi connectivity index (χ0) is 13.5. The van der Waals surface area contributed by atoms with E-state index in [-0.39, 0.29) is 12.8 Å². The highest BCUT2D eigenvalue weighted by Gasteiger charge is 2.57. The number of rotatable bonds is 2. The topological polar surface area (TPSA) is 46.3 Å². The van der Waals surface area contributed by atoms with Gasteiger partial charge in [0.1, 0.15) is 11.1 Å². The summed E-state index contributed by atoms with van der Waals surface area (Å²) in [5.41, 5.74) is -1.33. The van der Waals surface area contributed by atoms with E-state index >= 15 is 0 Å². The van der Waals surface area contributed by atoms with Gasteiger partial charge in [0.2, 0.25) is 0 Å². The fraction of sp³-hybridized carbons (Fsp3) is 0.500. The molecule has 5 heteroatoms. The van der Waals surface area contributed by atoms with Gasteiger partial charge in [-0.25, -0.2) is 4.98 Å². The predicted molar refractivity (Wildman–Crippen MR) is 65.9 cm³/mol. The van der Waals surface area contributed by atoms with Crippen molar-refractivity contribution >= 4 is 11.1 Å². The summed E-state index contributed by atoms with van der Waals surface area (Å²) in [7, 11) is 0. The Balaban J connectivity index is 2.02. The molecular formula is C14H15F2NO2. The number of para-hydroxylation sites is 2. The van der Waals surface area contributed by atoms with E-state index in [1.165, 1.54) is 0 Å². The summed E-state index contributed by atoms with van der Waals surface area (Å²) >= 11 is 0. The molecule has 0 atom stereocenters. The van der Waals surface area contributed by atoms with Crippen LogP contribution in [0.15, 0.2) is 28.7 Å². The molecule has 1 aliphatic rings. The van der Waals surface area contributed by atoms with Gasteiger partial charge in [-0.2, -0.15) is 8.78 Å². The first-order chi connectivity index (χ1) is 9.03. The molecule has 102 valence electrons. The fourth-order valence-electron chi connectivity index (χ4n) is 2.66. The molecule has 1 saturated carbocycles. The minimum absolute atomic E-state index is 0.0821. The van der Waals surface area contributed by atoms with Crippen LogP contribution < -0.4 is 0 Å². The van der Waals surface area contributed by atoms with Crippen molar-refractivity contribution in [2.24, 2.45) is 0 Å². The molecule has 1 aliphatic carbocycles. The zero-order valence-corrected chi connectivity index (χ0v) is 10.4. The van der Waals surface area contributed by atoms with Gasteiger partial charge in [0, 0.05) is 0 Å². The second kappa shape index (κ2) is 4.27. The summed E-state index contributed by atoms with van der Waals surface area (Å²) in [4.78, 5) is 3.83. The average Bonchev–Trinajstić information content (AvgIpc) is 2.84. The first-order valence-corrected chi connectivity index (χ1v) is 6.49. The first kappa shape index (κ1) is 12.5. The highest BCUT2D eigenvalue weighted by Crippen LogP contribution is 2.47. The number of halogens is 2. The van der Waals surface area contributed by atoms with Gasteiger partial charge in [-0.1, -0.05) is 31.4 Å². The Morgan fingerprint density at radius 2 is 1.84 bits per heavy atom. The van der Waals surface area contributed by atoms with Gasteiger partial charge in [-0.3, -0.25) is 0 Å². The number of nitrogens with zero attached hydrogens (tertiary/aromatic N) is 1. The molecule has 0 spiro atoms. The number of fused-ring (bicyclic) bond motifs is 1. The van der Waals surface area contributed by atoms with Gasteiger partial charge in [-0.05, 0) is 25.0 Å². The Morgan fingerprint density at radius 3 is 2.53 bits per heavy atom. The molecule has 0 radical (unpaired) electrons. The van der Waals surface area contributed by atoms with Gasteiger partial charge in [0.15, 0.2) is 5.58 Å².